The minimum absolute atomic E-state index is 0.0413. The molecule has 1 aliphatic rings. The lowest BCUT2D eigenvalue weighted by Gasteiger charge is -2.27. The fraction of sp³-hybridized carbons (Fsp3) is 0.500. The molecule has 1 N–H and O–H groups in total. The van der Waals surface area contributed by atoms with E-state index in [1.165, 1.54) is 16.4 Å². The van der Waals surface area contributed by atoms with E-state index in [2.05, 4.69) is 16.3 Å². The lowest BCUT2D eigenvalue weighted by Crippen LogP contribution is -2.33. The van der Waals surface area contributed by atoms with Crippen LogP contribution in [0.3, 0.4) is 0 Å². The monoisotopic (exact) mass is 466 g/mol. The van der Waals surface area contributed by atoms with E-state index >= 15 is 0 Å². The first-order chi connectivity index (χ1) is 16.4. The van der Waals surface area contributed by atoms with E-state index < -0.39 is 0 Å². The van der Waals surface area contributed by atoms with Gasteiger partial charge in [0.15, 0.2) is 0 Å². The van der Waals surface area contributed by atoms with Crippen molar-refractivity contribution in [3.05, 3.63) is 42.2 Å². The SMILES string of the molecule is C#CC1CCCCC1OCCC(=O)Nc1cnn(CC(=O)N(C)CCOc2ccc(C)cc2)c1. The van der Waals surface area contributed by atoms with Crippen LogP contribution in [0.5, 0.6) is 5.75 Å². The number of aryl methyl sites for hydroxylation is 1. The van der Waals surface area contributed by atoms with E-state index in [-0.39, 0.29) is 36.8 Å². The molecule has 1 saturated carbocycles. The van der Waals surface area contributed by atoms with Crippen LogP contribution in [0.15, 0.2) is 36.7 Å². The zero-order chi connectivity index (χ0) is 24.3. The molecular weight excluding hydrogens is 432 g/mol. The first-order valence-corrected chi connectivity index (χ1v) is 11.8. The summed E-state index contributed by atoms with van der Waals surface area (Å²) in [6, 6.07) is 7.79. The number of rotatable bonds is 11. The molecule has 0 aliphatic heterocycles. The van der Waals surface area contributed by atoms with Crippen molar-refractivity contribution >= 4 is 17.5 Å². The maximum atomic E-state index is 12.5. The van der Waals surface area contributed by atoms with Gasteiger partial charge in [0.25, 0.3) is 0 Å². The number of carbonyl (C=O) groups is 2. The van der Waals surface area contributed by atoms with Crippen LogP contribution in [-0.4, -0.2) is 59.4 Å². The van der Waals surface area contributed by atoms with Crippen molar-refractivity contribution < 1.29 is 19.1 Å². The van der Waals surface area contributed by atoms with Gasteiger partial charge in [-0.25, -0.2) is 0 Å². The van der Waals surface area contributed by atoms with Crippen LogP contribution in [0.1, 0.15) is 37.7 Å². The number of carbonyl (C=O) groups excluding carboxylic acids is 2. The van der Waals surface area contributed by atoms with Crippen LogP contribution in [0.2, 0.25) is 0 Å². The largest absolute Gasteiger partial charge is 0.492 e. The molecule has 1 aromatic carbocycles. The highest BCUT2D eigenvalue weighted by Crippen LogP contribution is 2.26. The topological polar surface area (TPSA) is 85.7 Å². The number of nitrogens with zero attached hydrogens (tertiary/aromatic N) is 3. The van der Waals surface area contributed by atoms with E-state index in [1.807, 2.05) is 31.2 Å². The van der Waals surface area contributed by atoms with Crippen LogP contribution in [0.25, 0.3) is 0 Å². The third-order valence-electron chi connectivity index (χ3n) is 5.93. The lowest BCUT2D eigenvalue weighted by atomic mass is 9.87. The number of anilines is 1. The second-order valence-corrected chi connectivity index (χ2v) is 8.67. The zero-order valence-electron chi connectivity index (χ0n) is 20.0. The summed E-state index contributed by atoms with van der Waals surface area (Å²) in [6.45, 7) is 3.28. The first kappa shape index (κ1) is 25.3. The highest BCUT2D eigenvalue weighted by atomic mass is 16.5. The van der Waals surface area contributed by atoms with Gasteiger partial charge in [0, 0.05) is 19.2 Å². The Hall–Kier alpha value is -3.31. The van der Waals surface area contributed by atoms with E-state index in [0.29, 0.717) is 25.4 Å². The maximum Gasteiger partial charge on any atom is 0.244 e. The molecule has 2 unspecified atom stereocenters. The van der Waals surface area contributed by atoms with Gasteiger partial charge in [0.2, 0.25) is 11.8 Å². The quantitative estimate of drug-likeness (QED) is 0.514. The molecule has 34 heavy (non-hydrogen) atoms. The molecule has 1 heterocycles. The minimum Gasteiger partial charge on any atom is -0.492 e. The number of amides is 2. The van der Waals surface area contributed by atoms with E-state index in [9.17, 15) is 9.59 Å². The Labute approximate surface area is 201 Å². The van der Waals surface area contributed by atoms with Gasteiger partial charge < -0.3 is 19.7 Å². The predicted molar refractivity (Wildman–Crippen MR) is 130 cm³/mol. The van der Waals surface area contributed by atoms with Gasteiger partial charge in [0.1, 0.15) is 18.9 Å². The highest BCUT2D eigenvalue weighted by Gasteiger charge is 2.24. The van der Waals surface area contributed by atoms with Gasteiger partial charge in [-0.15, -0.1) is 12.3 Å². The normalized spacial score (nSPS) is 17.6. The van der Waals surface area contributed by atoms with E-state index in [4.69, 9.17) is 15.9 Å². The zero-order valence-corrected chi connectivity index (χ0v) is 20.0. The molecule has 1 fully saturated rings. The minimum atomic E-state index is -0.163. The number of hydrogen-bond acceptors (Lipinski definition) is 5. The number of terminal acetylenes is 1. The molecule has 8 nitrogen and oxygen atoms in total. The fourth-order valence-corrected chi connectivity index (χ4v) is 3.85. The molecule has 2 aromatic rings. The summed E-state index contributed by atoms with van der Waals surface area (Å²) >= 11 is 0. The predicted octanol–water partition coefficient (Wildman–Crippen LogP) is 3.27. The lowest BCUT2D eigenvalue weighted by molar-refractivity contribution is -0.131. The molecule has 182 valence electrons. The molecule has 3 rings (SSSR count). The second-order valence-electron chi connectivity index (χ2n) is 8.67. The van der Waals surface area contributed by atoms with Crippen molar-refractivity contribution in [2.45, 2.75) is 51.7 Å². The van der Waals surface area contributed by atoms with Crippen LogP contribution >= 0.6 is 0 Å². The standard InChI is InChI=1S/C26H34N4O4/c1-4-21-7-5-6-8-24(21)34-15-13-25(31)28-22-17-27-30(18-22)19-26(32)29(3)14-16-33-23-11-9-20(2)10-12-23/h1,9-12,17-18,21,24H,5-8,13-16,19H2,2-3H3,(H,28,31). The van der Waals surface area contributed by atoms with Crippen molar-refractivity contribution in [1.82, 2.24) is 14.7 Å². The molecule has 2 atom stereocenters. The Morgan fingerprint density at radius 2 is 2.00 bits per heavy atom. The summed E-state index contributed by atoms with van der Waals surface area (Å²) in [5, 5.41) is 6.97. The number of hydrogen-bond donors (Lipinski definition) is 1. The van der Waals surface area contributed by atoms with Gasteiger partial charge in [0.05, 0.1) is 37.6 Å². The number of likely N-dealkylation sites (N-methyl/N-ethyl adjacent to an activating group) is 1. The van der Waals surface area contributed by atoms with Gasteiger partial charge in [-0.2, -0.15) is 5.10 Å². The van der Waals surface area contributed by atoms with Crippen molar-refractivity contribution in [1.29, 1.82) is 0 Å². The van der Waals surface area contributed by atoms with Crippen molar-refractivity contribution in [3.63, 3.8) is 0 Å². The van der Waals surface area contributed by atoms with Gasteiger partial charge in [-0.05, 0) is 31.9 Å². The van der Waals surface area contributed by atoms with Crippen LogP contribution < -0.4 is 10.1 Å². The maximum absolute atomic E-state index is 12.5. The number of nitrogens with one attached hydrogen (secondary N) is 1. The van der Waals surface area contributed by atoms with Crippen LogP contribution in [-0.2, 0) is 20.9 Å². The third-order valence-corrected chi connectivity index (χ3v) is 5.93. The average molecular weight is 467 g/mol. The van der Waals surface area contributed by atoms with Gasteiger partial charge in [-0.1, -0.05) is 30.5 Å². The number of ether oxygens (including phenoxy) is 2. The van der Waals surface area contributed by atoms with Crippen molar-refractivity contribution in [3.8, 4) is 18.1 Å². The Kier molecular flexibility index (Phi) is 9.53. The van der Waals surface area contributed by atoms with E-state index in [0.717, 1.165) is 31.4 Å². The first-order valence-electron chi connectivity index (χ1n) is 11.8. The molecular formula is C26H34N4O4. The molecule has 1 aromatic heterocycles. The average Bonchev–Trinajstić information content (AvgIpc) is 3.27. The van der Waals surface area contributed by atoms with Crippen molar-refractivity contribution in [2.75, 3.05) is 32.1 Å². The van der Waals surface area contributed by atoms with Gasteiger partial charge in [-0.3, -0.25) is 14.3 Å². The fourth-order valence-electron chi connectivity index (χ4n) is 3.85. The summed E-state index contributed by atoms with van der Waals surface area (Å²) < 4.78 is 13.0. The number of benzene rings is 1. The van der Waals surface area contributed by atoms with Crippen LogP contribution in [0, 0.1) is 25.2 Å². The summed E-state index contributed by atoms with van der Waals surface area (Å²) in [4.78, 5) is 26.3. The van der Waals surface area contributed by atoms with Crippen molar-refractivity contribution in [2.24, 2.45) is 5.92 Å². The molecule has 8 heteroatoms. The Balaban J connectivity index is 1.35. The molecule has 0 bridgehead atoms. The molecule has 2 amide bonds. The molecule has 0 spiro atoms. The Morgan fingerprint density at radius 3 is 2.76 bits per heavy atom. The number of aromatic nitrogens is 2. The molecule has 0 saturated heterocycles. The van der Waals surface area contributed by atoms with Crippen LogP contribution in [0.4, 0.5) is 5.69 Å². The molecule has 0 radical (unpaired) electrons. The molecule has 1 aliphatic carbocycles. The Morgan fingerprint density at radius 1 is 1.24 bits per heavy atom. The van der Waals surface area contributed by atoms with E-state index in [1.54, 1.807) is 18.1 Å². The Bertz CT molecular complexity index is 979. The second kappa shape index (κ2) is 12.8. The highest BCUT2D eigenvalue weighted by molar-refractivity contribution is 5.90. The third kappa shape index (κ3) is 7.92. The summed E-state index contributed by atoms with van der Waals surface area (Å²) in [5.74, 6) is 3.46. The summed E-state index contributed by atoms with van der Waals surface area (Å²) in [5.41, 5.74) is 1.71. The summed E-state index contributed by atoms with van der Waals surface area (Å²) in [7, 11) is 1.73. The summed E-state index contributed by atoms with van der Waals surface area (Å²) in [6.07, 6.45) is 13.2. The smallest absolute Gasteiger partial charge is 0.244 e. The van der Waals surface area contributed by atoms with Gasteiger partial charge >= 0.3 is 0 Å².